The Kier molecular flexibility index (Phi) is 6.11. The van der Waals surface area contributed by atoms with Gasteiger partial charge in [-0.15, -0.1) is 0 Å². The van der Waals surface area contributed by atoms with E-state index in [1.165, 1.54) is 12.1 Å². The minimum Gasteiger partial charge on any atom is -0.407 e. The summed E-state index contributed by atoms with van der Waals surface area (Å²) in [5.41, 5.74) is 1.97. The molecule has 0 amide bonds. The summed E-state index contributed by atoms with van der Waals surface area (Å²) < 4.78 is 35.1. The molecule has 2 N–H and O–H groups in total. The highest BCUT2D eigenvalue weighted by molar-refractivity contribution is 7.89. The number of hydrogen-bond acceptors (Lipinski definition) is 4. The quantitative estimate of drug-likeness (QED) is 0.328. The molecule has 0 saturated carbocycles. The number of sulfonamides is 1. The highest BCUT2D eigenvalue weighted by atomic mass is 32.2. The molecule has 4 aromatic rings. The first-order valence-corrected chi connectivity index (χ1v) is 11.3. The van der Waals surface area contributed by atoms with Crippen LogP contribution in [0.1, 0.15) is 6.42 Å². The predicted octanol–water partition coefficient (Wildman–Crippen LogP) is 2.96. The number of nitrogens with one attached hydrogen (secondary N) is 2. The summed E-state index contributed by atoms with van der Waals surface area (Å²) in [5, 5.41) is 0. The van der Waals surface area contributed by atoms with Gasteiger partial charge in [-0.25, -0.2) is 22.5 Å². The van der Waals surface area contributed by atoms with Crippen LogP contribution in [0, 0.1) is 0 Å². The van der Waals surface area contributed by atoms with E-state index < -0.39 is 15.8 Å². The molecule has 4 rings (SSSR count). The first-order valence-electron chi connectivity index (χ1n) is 9.86. The van der Waals surface area contributed by atoms with E-state index in [-0.39, 0.29) is 4.90 Å². The first-order chi connectivity index (χ1) is 15.0. The lowest BCUT2D eigenvalue weighted by Crippen LogP contribution is -2.35. The van der Waals surface area contributed by atoms with Crippen LogP contribution in [-0.2, 0) is 16.6 Å². The fraction of sp³-hybridized carbons (Fsp3) is 0.130. The van der Waals surface area contributed by atoms with Gasteiger partial charge in [-0.05, 0) is 24.3 Å². The molecule has 2 heterocycles. The Morgan fingerprint density at radius 2 is 1.55 bits per heavy atom. The van der Waals surface area contributed by atoms with E-state index in [4.69, 9.17) is 4.42 Å². The van der Waals surface area contributed by atoms with Crippen LogP contribution in [0.3, 0.4) is 0 Å². The van der Waals surface area contributed by atoms with E-state index >= 15 is 0 Å². The Balaban J connectivity index is 1.46. The van der Waals surface area contributed by atoms with Crippen molar-refractivity contribution in [3.63, 3.8) is 0 Å². The van der Waals surface area contributed by atoms with Crippen LogP contribution >= 0.6 is 0 Å². The monoisotopic (exact) mass is 436 g/mol. The fourth-order valence-corrected chi connectivity index (χ4v) is 4.33. The van der Waals surface area contributed by atoms with Crippen molar-refractivity contribution in [3.05, 3.63) is 95.7 Å². The summed E-state index contributed by atoms with van der Waals surface area (Å²) in [6, 6.07) is 21.4. The Hall–Kier alpha value is -3.49. The van der Waals surface area contributed by atoms with Gasteiger partial charge in [0.2, 0.25) is 10.0 Å². The lowest BCUT2D eigenvalue weighted by molar-refractivity contribution is -0.697. The zero-order chi connectivity index (χ0) is 21.7. The molecule has 0 aliphatic heterocycles. The van der Waals surface area contributed by atoms with E-state index in [1.807, 2.05) is 65.5 Å². The number of oxazole rings is 1. The summed E-state index contributed by atoms with van der Waals surface area (Å²) in [7, 11) is -3.63. The number of nitrogens with zero attached hydrogens (tertiary/aromatic N) is 1. The predicted molar refractivity (Wildman–Crippen MR) is 117 cm³/mol. The normalized spacial score (nSPS) is 11.5. The van der Waals surface area contributed by atoms with Crippen molar-refractivity contribution in [2.75, 3.05) is 6.54 Å². The standard InChI is InChI=1S/C23H21N3O4S/c27-23-25-21(18-8-3-1-4-9-18)22(30-23)19-10-12-20(13-11-19)31(28,29)24-14-7-17-26-15-5-2-6-16-26/h1-6,8-13,15-16,24H,7,14,17H2/p+1. The maximum Gasteiger partial charge on any atom is 0.417 e. The molecule has 0 atom stereocenters. The highest BCUT2D eigenvalue weighted by Gasteiger charge is 2.17. The Morgan fingerprint density at radius 3 is 2.26 bits per heavy atom. The van der Waals surface area contributed by atoms with Gasteiger partial charge in [0.1, 0.15) is 6.54 Å². The SMILES string of the molecule is O=c1[nH]c(-c2ccccc2)c(-c2ccc(S(=O)(=O)NCCC[n+]3ccccc3)cc2)o1. The van der Waals surface area contributed by atoms with Gasteiger partial charge in [-0.2, -0.15) is 0 Å². The second-order valence-electron chi connectivity index (χ2n) is 6.97. The van der Waals surface area contributed by atoms with E-state index in [9.17, 15) is 13.2 Å². The van der Waals surface area contributed by atoms with Crippen molar-refractivity contribution >= 4 is 10.0 Å². The van der Waals surface area contributed by atoms with Crippen LogP contribution in [-0.4, -0.2) is 19.9 Å². The van der Waals surface area contributed by atoms with Crippen LogP contribution in [0.15, 0.2) is 99.3 Å². The van der Waals surface area contributed by atoms with E-state index in [2.05, 4.69) is 9.71 Å². The smallest absolute Gasteiger partial charge is 0.407 e. The third-order valence-corrected chi connectivity index (χ3v) is 6.28. The molecule has 2 aromatic carbocycles. The molecular weight excluding hydrogens is 414 g/mol. The number of pyridine rings is 1. The number of benzene rings is 2. The summed E-state index contributed by atoms with van der Waals surface area (Å²) in [6.45, 7) is 1.05. The van der Waals surface area contributed by atoms with Gasteiger partial charge in [-0.3, -0.25) is 4.98 Å². The average Bonchev–Trinajstić information content (AvgIpc) is 3.20. The maximum atomic E-state index is 12.6. The molecule has 0 radical (unpaired) electrons. The van der Waals surface area contributed by atoms with E-state index in [0.29, 0.717) is 30.0 Å². The zero-order valence-corrected chi connectivity index (χ0v) is 17.5. The van der Waals surface area contributed by atoms with Gasteiger partial charge in [0.15, 0.2) is 18.2 Å². The van der Waals surface area contributed by atoms with E-state index in [0.717, 1.165) is 12.1 Å². The first kappa shape index (κ1) is 20.8. The number of aromatic nitrogens is 2. The minimum atomic E-state index is -3.63. The average molecular weight is 437 g/mol. The summed E-state index contributed by atoms with van der Waals surface area (Å²) >= 11 is 0. The lowest BCUT2D eigenvalue weighted by atomic mass is 10.1. The Morgan fingerprint density at radius 1 is 0.871 bits per heavy atom. The maximum absolute atomic E-state index is 12.6. The molecular formula is C23H22N3O4S+. The van der Waals surface area contributed by atoms with Crippen molar-refractivity contribution in [1.82, 2.24) is 9.71 Å². The molecule has 0 spiro atoms. The molecule has 0 bridgehead atoms. The molecule has 0 aliphatic rings. The second-order valence-corrected chi connectivity index (χ2v) is 8.74. The fourth-order valence-electron chi connectivity index (χ4n) is 3.26. The number of aromatic amines is 1. The van der Waals surface area contributed by atoms with Gasteiger partial charge in [0, 0.05) is 36.2 Å². The summed E-state index contributed by atoms with van der Waals surface area (Å²) in [4.78, 5) is 14.7. The topological polar surface area (TPSA) is 96.0 Å². The van der Waals surface area contributed by atoms with Gasteiger partial charge >= 0.3 is 5.76 Å². The largest absolute Gasteiger partial charge is 0.417 e. The third kappa shape index (κ3) is 4.99. The van der Waals surface area contributed by atoms with Crippen molar-refractivity contribution in [3.8, 4) is 22.6 Å². The minimum absolute atomic E-state index is 0.155. The zero-order valence-electron chi connectivity index (χ0n) is 16.7. The van der Waals surface area contributed by atoms with Gasteiger partial charge in [-0.1, -0.05) is 36.4 Å². The van der Waals surface area contributed by atoms with Crippen LogP contribution in [0.4, 0.5) is 0 Å². The van der Waals surface area contributed by atoms with Gasteiger partial charge in [0.05, 0.1) is 10.6 Å². The van der Waals surface area contributed by atoms with Crippen molar-refractivity contribution < 1.29 is 17.4 Å². The molecule has 8 heteroatoms. The Labute approximate surface area is 180 Å². The lowest BCUT2D eigenvalue weighted by Gasteiger charge is -2.07. The van der Waals surface area contributed by atoms with Crippen molar-refractivity contribution in [2.24, 2.45) is 0 Å². The summed E-state index contributed by atoms with van der Waals surface area (Å²) in [6.07, 6.45) is 4.55. The molecule has 2 aromatic heterocycles. The second kappa shape index (κ2) is 9.11. The molecule has 0 fully saturated rings. The highest BCUT2D eigenvalue weighted by Crippen LogP contribution is 2.30. The number of hydrogen-bond donors (Lipinski definition) is 2. The molecule has 0 saturated heterocycles. The molecule has 0 aliphatic carbocycles. The Bertz CT molecular complexity index is 1300. The van der Waals surface area contributed by atoms with Crippen LogP contribution < -0.4 is 15.0 Å². The third-order valence-electron chi connectivity index (χ3n) is 4.80. The van der Waals surface area contributed by atoms with Crippen molar-refractivity contribution in [2.45, 2.75) is 17.9 Å². The van der Waals surface area contributed by atoms with Crippen LogP contribution in [0.2, 0.25) is 0 Å². The summed E-state index contributed by atoms with van der Waals surface area (Å²) in [5.74, 6) is -0.198. The molecule has 0 unspecified atom stereocenters. The van der Waals surface area contributed by atoms with Gasteiger partial charge in [0.25, 0.3) is 0 Å². The number of rotatable bonds is 8. The molecule has 7 nitrogen and oxygen atoms in total. The van der Waals surface area contributed by atoms with Crippen LogP contribution in [0.25, 0.3) is 22.6 Å². The molecule has 158 valence electrons. The number of H-pyrrole nitrogens is 1. The van der Waals surface area contributed by atoms with E-state index in [1.54, 1.807) is 12.1 Å². The van der Waals surface area contributed by atoms with Crippen molar-refractivity contribution in [1.29, 1.82) is 0 Å². The molecule has 31 heavy (non-hydrogen) atoms. The van der Waals surface area contributed by atoms with Crippen LogP contribution in [0.5, 0.6) is 0 Å². The van der Waals surface area contributed by atoms with Gasteiger partial charge < -0.3 is 4.42 Å². The number of aryl methyl sites for hydroxylation is 1.